The largest absolute Gasteiger partial charge is 0.269 e. The molecule has 0 aliphatic heterocycles. The average molecular weight is 228 g/mol. The van der Waals surface area contributed by atoms with Gasteiger partial charge in [-0.1, -0.05) is 0 Å². The number of aryl methyl sites for hydroxylation is 1. The number of nitro benzene ring substituents is 1. The van der Waals surface area contributed by atoms with Gasteiger partial charge in [-0.2, -0.15) is 0 Å². The predicted octanol–water partition coefficient (Wildman–Crippen LogP) is 1.99. The minimum atomic E-state index is -2.42. The van der Waals surface area contributed by atoms with Crippen LogP contribution in [0, 0.1) is 17.0 Å². The Hall–Kier alpha value is -1.43. The maximum atomic E-state index is 11.9. The van der Waals surface area contributed by atoms with Crippen LogP contribution >= 0.6 is 0 Å². The number of benzene rings is 1. The molecule has 0 aliphatic rings. The van der Waals surface area contributed by atoms with Gasteiger partial charge in [-0.3, -0.25) is 10.1 Å². The van der Waals surface area contributed by atoms with Crippen LogP contribution in [0.1, 0.15) is 5.56 Å². The van der Waals surface area contributed by atoms with E-state index in [4.69, 9.17) is 0 Å². The van der Waals surface area contributed by atoms with Gasteiger partial charge in [0.25, 0.3) is 5.69 Å². The van der Waals surface area contributed by atoms with Crippen molar-refractivity contribution in [3.63, 3.8) is 0 Å². The summed E-state index contributed by atoms with van der Waals surface area (Å²) in [6.45, 7) is 1.69. The molecule has 0 radical (unpaired) electrons. The molecular weight excluding hydrogens is 216 g/mol. The molecule has 1 rings (SSSR count). The van der Waals surface area contributed by atoms with Crippen LogP contribution in [0.2, 0.25) is 0 Å². The van der Waals surface area contributed by atoms with E-state index in [1.807, 2.05) is 0 Å². The fraction of sp³-hybridized carbons (Fsp3) is 0.333. The summed E-state index contributed by atoms with van der Waals surface area (Å²) in [6, 6.07) is 4.25. The molecule has 0 aliphatic carbocycles. The van der Waals surface area contributed by atoms with Gasteiger partial charge in [0.1, 0.15) is 0 Å². The summed E-state index contributed by atoms with van der Waals surface area (Å²) in [5.74, 6) is 0. The highest BCUT2D eigenvalue weighted by atomic mass is 32.2. The molecular formula is C9H12N2O3S. The first-order chi connectivity index (χ1) is 6.88. The summed E-state index contributed by atoms with van der Waals surface area (Å²) in [6.07, 6.45) is 1.52. The SMILES string of the molecule is CN=S(C)(=O)c1ccc([N+](=O)[O-])cc1C. The third kappa shape index (κ3) is 2.33. The van der Waals surface area contributed by atoms with Crippen LogP contribution in [0.4, 0.5) is 5.69 Å². The first-order valence-electron chi connectivity index (χ1n) is 4.24. The van der Waals surface area contributed by atoms with E-state index < -0.39 is 14.7 Å². The first-order valence-corrected chi connectivity index (χ1v) is 6.16. The van der Waals surface area contributed by atoms with Gasteiger partial charge in [-0.15, -0.1) is 0 Å². The minimum Gasteiger partial charge on any atom is -0.258 e. The van der Waals surface area contributed by atoms with Crippen molar-refractivity contribution in [1.29, 1.82) is 0 Å². The maximum Gasteiger partial charge on any atom is 0.269 e. The van der Waals surface area contributed by atoms with Crippen LogP contribution in [0.15, 0.2) is 27.5 Å². The maximum absolute atomic E-state index is 11.9. The molecule has 0 heterocycles. The lowest BCUT2D eigenvalue weighted by Gasteiger charge is -2.06. The van der Waals surface area contributed by atoms with Gasteiger partial charge in [0.15, 0.2) is 0 Å². The topological polar surface area (TPSA) is 72.6 Å². The number of nitro groups is 1. The third-order valence-corrected chi connectivity index (χ3v) is 4.10. The Kier molecular flexibility index (Phi) is 3.09. The molecule has 15 heavy (non-hydrogen) atoms. The van der Waals surface area contributed by atoms with Gasteiger partial charge in [-0.25, -0.2) is 8.57 Å². The highest BCUT2D eigenvalue weighted by Gasteiger charge is 2.12. The van der Waals surface area contributed by atoms with Crippen molar-refractivity contribution >= 4 is 15.4 Å². The molecule has 1 aromatic rings. The number of rotatable bonds is 2. The second-order valence-corrected chi connectivity index (χ2v) is 5.60. The second-order valence-electron chi connectivity index (χ2n) is 3.19. The summed E-state index contributed by atoms with van der Waals surface area (Å²) in [5.41, 5.74) is 0.629. The zero-order valence-corrected chi connectivity index (χ0v) is 9.58. The van der Waals surface area contributed by atoms with Crippen molar-refractivity contribution in [1.82, 2.24) is 0 Å². The summed E-state index contributed by atoms with van der Waals surface area (Å²) >= 11 is 0. The highest BCUT2D eigenvalue weighted by Crippen LogP contribution is 2.21. The molecule has 1 atom stereocenters. The highest BCUT2D eigenvalue weighted by molar-refractivity contribution is 7.93. The number of hydrogen-bond donors (Lipinski definition) is 0. The standard InChI is InChI=1S/C9H12N2O3S/c1-7-6-8(11(12)13)4-5-9(7)15(3,14)10-2/h4-6H,1-3H3. The van der Waals surface area contributed by atoms with E-state index in [0.717, 1.165) is 0 Å². The van der Waals surface area contributed by atoms with Gasteiger partial charge < -0.3 is 0 Å². The fourth-order valence-corrected chi connectivity index (χ4v) is 2.44. The number of non-ortho nitro benzene ring substituents is 1. The predicted molar refractivity (Wildman–Crippen MR) is 58.5 cm³/mol. The molecule has 0 bridgehead atoms. The van der Waals surface area contributed by atoms with Crippen molar-refractivity contribution < 1.29 is 9.13 Å². The molecule has 0 spiro atoms. The van der Waals surface area contributed by atoms with E-state index >= 15 is 0 Å². The molecule has 0 aromatic heterocycles. The lowest BCUT2D eigenvalue weighted by atomic mass is 10.2. The molecule has 0 saturated heterocycles. The summed E-state index contributed by atoms with van der Waals surface area (Å²) in [4.78, 5) is 10.6. The molecule has 1 unspecified atom stereocenters. The first kappa shape index (κ1) is 11.6. The van der Waals surface area contributed by atoms with E-state index in [0.29, 0.717) is 10.5 Å². The van der Waals surface area contributed by atoms with E-state index in [1.165, 1.54) is 31.5 Å². The van der Waals surface area contributed by atoms with Crippen molar-refractivity contribution in [3.05, 3.63) is 33.9 Å². The van der Waals surface area contributed by atoms with Gasteiger partial charge in [0, 0.05) is 25.4 Å². The second kappa shape index (κ2) is 3.98. The Labute approximate surface area is 88.5 Å². The van der Waals surface area contributed by atoms with Gasteiger partial charge in [0.2, 0.25) is 0 Å². The molecule has 0 amide bonds. The molecule has 6 heteroatoms. The zero-order chi connectivity index (χ0) is 11.6. The monoisotopic (exact) mass is 228 g/mol. The Morgan fingerprint density at radius 2 is 2.07 bits per heavy atom. The van der Waals surface area contributed by atoms with Crippen LogP contribution in [-0.2, 0) is 9.73 Å². The van der Waals surface area contributed by atoms with Crippen LogP contribution in [0.3, 0.4) is 0 Å². The lowest BCUT2D eigenvalue weighted by molar-refractivity contribution is -0.385. The zero-order valence-electron chi connectivity index (χ0n) is 8.76. The smallest absolute Gasteiger partial charge is 0.258 e. The fourth-order valence-electron chi connectivity index (χ4n) is 1.27. The van der Waals surface area contributed by atoms with Crippen molar-refractivity contribution in [3.8, 4) is 0 Å². The number of hydrogen-bond acceptors (Lipinski definition) is 4. The Morgan fingerprint density at radius 1 is 1.47 bits per heavy atom. The van der Waals surface area contributed by atoms with Crippen LogP contribution in [-0.4, -0.2) is 22.4 Å². The van der Waals surface area contributed by atoms with E-state index in [-0.39, 0.29) is 5.69 Å². The summed E-state index contributed by atoms with van der Waals surface area (Å²) in [7, 11) is -0.944. The molecule has 0 saturated carbocycles. The van der Waals surface area contributed by atoms with Crippen LogP contribution in [0.25, 0.3) is 0 Å². The van der Waals surface area contributed by atoms with E-state index in [1.54, 1.807) is 6.92 Å². The van der Waals surface area contributed by atoms with Crippen molar-refractivity contribution in [2.45, 2.75) is 11.8 Å². The normalized spacial score (nSPS) is 14.3. The van der Waals surface area contributed by atoms with Gasteiger partial charge in [-0.05, 0) is 18.6 Å². The van der Waals surface area contributed by atoms with Crippen molar-refractivity contribution in [2.24, 2.45) is 4.36 Å². The average Bonchev–Trinajstić information content (AvgIpc) is 2.17. The quantitative estimate of drug-likeness (QED) is 0.574. The van der Waals surface area contributed by atoms with Gasteiger partial charge in [0.05, 0.1) is 19.5 Å². The summed E-state index contributed by atoms with van der Waals surface area (Å²) in [5, 5.41) is 10.5. The van der Waals surface area contributed by atoms with Crippen LogP contribution < -0.4 is 0 Å². The van der Waals surface area contributed by atoms with E-state index in [9.17, 15) is 14.3 Å². The minimum absolute atomic E-state index is 0.00236. The molecule has 1 aromatic carbocycles. The lowest BCUT2D eigenvalue weighted by Crippen LogP contribution is -2.00. The van der Waals surface area contributed by atoms with E-state index in [2.05, 4.69) is 4.36 Å². The van der Waals surface area contributed by atoms with Crippen molar-refractivity contribution in [2.75, 3.05) is 13.3 Å². The Balaban J connectivity index is 3.39. The molecule has 0 N–H and O–H groups in total. The van der Waals surface area contributed by atoms with Gasteiger partial charge >= 0.3 is 0 Å². The molecule has 0 fully saturated rings. The molecule has 5 nitrogen and oxygen atoms in total. The van der Waals surface area contributed by atoms with Crippen LogP contribution in [0.5, 0.6) is 0 Å². The third-order valence-electron chi connectivity index (χ3n) is 2.13. The summed E-state index contributed by atoms with van der Waals surface area (Å²) < 4.78 is 15.7. The molecule has 82 valence electrons. The number of nitrogens with zero attached hydrogens (tertiary/aromatic N) is 2. The Bertz CT molecular complexity index is 516. The Morgan fingerprint density at radius 3 is 2.47 bits per heavy atom.